The Labute approximate surface area is 134 Å². The number of benzene rings is 1. The van der Waals surface area contributed by atoms with Gasteiger partial charge in [0.1, 0.15) is 17.7 Å². The molecule has 0 radical (unpaired) electrons. The number of rotatable bonds is 3. The first-order chi connectivity index (χ1) is 11.0. The highest BCUT2D eigenvalue weighted by Gasteiger charge is 2.39. The van der Waals surface area contributed by atoms with Crippen LogP contribution in [0.1, 0.15) is 5.56 Å². The highest BCUT2D eigenvalue weighted by Crippen LogP contribution is 2.23. The van der Waals surface area contributed by atoms with E-state index >= 15 is 0 Å². The standard InChI is InChI=1S/C15H10ClF2N3O2/c16-9-1-2-12(18)8(3-9)4-13-14(22)21(15(23)20-13)11-5-10(17)6-19-7-11/h1-3,5-7,13H,4H2,(H,20,23)/t13-/m0/s1. The third-order valence-electron chi connectivity index (χ3n) is 3.40. The lowest BCUT2D eigenvalue weighted by Gasteiger charge is -2.12. The lowest BCUT2D eigenvalue weighted by atomic mass is 10.1. The third-order valence-corrected chi connectivity index (χ3v) is 3.63. The minimum atomic E-state index is -0.960. The number of aromatic nitrogens is 1. The van der Waals surface area contributed by atoms with Crippen molar-refractivity contribution in [1.82, 2.24) is 10.3 Å². The molecule has 8 heteroatoms. The highest BCUT2D eigenvalue weighted by atomic mass is 35.5. The van der Waals surface area contributed by atoms with Crippen LogP contribution in [0.15, 0.2) is 36.7 Å². The molecule has 1 aliphatic rings. The zero-order chi connectivity index (χ0) is 16.6. The van der Waals surface area contributed by atoms with Crippen molar-refractivity contribution >= 4 is 29.2 Å². The molecule has 1 aliphatic heterocycles. The Kier molecular flexibility index (Phi) is 3.96. The van der Waals surface area contributed by atoms with Crippen LogP contribution in [0.3, 0.4) is 0 Å². The van der Waals surface area contributed by atoms with Gasteiger partial charge in [-0.1, -0.05) is 11.6 Å². The smallest absolute Gasteiger partial charge is 0.325 e. The summed E-state index contributed by atoms with van der Waals surface area (Å²) in [6.45, 7) is 0. The Morgan fingerprint density at radius 3 is 2.74 bits per heavy atom. The summed E-state index contributed by atoms with van der Waals surface area (Å²) in [7, 11) is 0. The summed E-state index contributed by atoms with van der Waals surface area (Å²) in [5.74, 6) is -1.81. The summed E-state index contributed by atoms with van der Waals surface area (Å²) >= 11 is 5.81. The molecular formula is C15H10ClF2N3O2. The number of urea groups is 1. The van der Waals surface area contributed by atoms with Crippen LogP contribution in [0.25, 0.3) is 0 Å². The van der Waals surface area contributed by atoms with Gasteiger partial charge in [0.15, 0.2) is 0 Å². The number of nitrogens with zero attached hydrogens (tertiary/aromatic N) is 2. The van der Waals surface area contributed by atoms with Crippen LogP contribution in [0.4, 0.5) is 19.3 Å². The number of imide groups is 1. The van der Waals surface area contributed by atoms with E-state index in [9.17, 15) is 18.4 Å². The molecular weight excluding hydrogens is 328 g/mol. The SMILES string of the molecule is O=C1N[C@@H](Cc2cc(Cl)ccc2F)C(=O)N1c1cncc(F)c1. The Balaban J connectivity index is 1.85. The van der Waals surface area contributed by atoms with Gasteiger partial charge in [-0.25, -0.2) is 18.5 Å². The summed E-state index contributed by atoms with van der Waals surface area (Å²) in [6, 6.07) is 3.32. The fraction of sp³-hybridized carbons (Fsp3) is 0.133. The lowest BCUT2D eigenvalue weighted by molar-refractivity contribution is -0.118. The average Bonchev–Trinajstić information content (AvgIpc) is 2.77. The van der Waals surface area contributed by atoms with Crippen molar-refractivity contribution in [3.63, 3.8) is 0 Å². The first-order valence-electron chi connectivity index (χ1n) is 6.64. The summed E-state index contributed by atoms with van der Waals surface area (Å²) in [6.07, 6.45) is 2.10. The molecule has 2 aromatic rings. The molecule has 0 unspecified atom stereocenters. The molecule has 0 saturated carbocycles. The van der Waals surface area contributed by atoms with Crippen molar-refractivity contribution in [1.29, 1.82) is 0 Å². The van der Waals surface area contributed by atoms with E-state index in [1.807, 2.05) is 0 Å². The molecule has 3 rings (SSSR count). The molecule has 118 valence electrons. The van der Waals surface area contributed by atoms with Crippen molar-refractivity contribution in [3.8, 4) is 0 Å². The van der Waals surface area contributed by atoms with Gasteiger partial charge >= 0.3 is 6.03 Å². The second kappa shape index (κ2) is 5.92. The van der Waals surface area contributed by atoms with E-state index in [1.54, 1.807) is 0 Å². The number of carbonyl (C=O) groups is 2. The Bertz CT molecular complexity index is 800. The van der Waals surface area contributed by atoms with Crippen LogP contribution >= 0.6 is 11.6 Å². The van der Waals surface area contributed by atoms with E-state index in [-0.39, 0.29) is 17.7 Å². The molecule has 2 heterocycles. The molecule has 3 amide bonds. The van der Waals surface area contributed by atoms with E-state index in [2.05, 4.69) is 10.3 Å². The number of hydrogen-bond acceptors (Lipinski definition) is 3. The second-order valence-electron chi connectivity index (χ2n) is 4.98. The monoisotopic (exact) mass is 337 g/mol. The van der Waals surface area contributed by atoms with Gasteiger partial charge in [0, 0.05) is 17.5 Å². The Morgan fingerprint density at radius 2 is 2.00 bits per heavy atom. The average molecular weight is 338 g/mol. The normalized spacial score (nSPS) is 17.5. The summed E-state index contributed by atoms with van der Waals surface area (Å²) < 4.78 is 27.0. The van der Waals surface area contributed by atoms with Crippen molar-refractivity contribution in [2.75, 3.05) is 4.90 Å². The number of anilines is 1. The minimum absolute atomic E-state index is 0.0153. The number of amides is 3. The van der Waals surface area contributed by atoms with E-state index in [1.165, 1.54) is 24.4 Å². The Morgan fingerprint density at radius 1 is 1.22 bits per heavy atom. The molecule has 0 spiro atoms. The molecule has 0 aliphatic carbocycles. The fourth-order valence-corrected chi connectivity index (χ4v) is 2.55. The molecule has 1 saturated heterocycles. The van der Waals surface area contributed by atoms with Crippen LogP contribution in [0.5, 0.6) is 0 Å². The quantitative estimate of drug-likeness (QED) is 0.876. The van der Waals surface area contributed by atoms with E-state index in [0.717, 1.165) is 17.2 Å². The maximum atomic E-state index is 13.8. The highest BCUT2D eigenvalue weighted by molar-refractivity contribution is 6.30. The van der Waals surface area contributed by atoms with E-state index in [0.29, 0.717) is 5.02 Å². The van der Waals surface area contributed by atoms with Crippen LogP contribution in [0.2, 0.25) is 5.02 Å². The van der Waals surface area contributed by atoms with Gasteiger partial charge in [0.2, 0.25) is 0 Å². The van der Waals surface area contributed by atoms with Gasteiger partial charge in [-0.15, -0.1) is 0 Å². The van der Waals surface area contributed by atoms with Crippen molar-refractivity contribution in [3.05, 3.63) is 58.9 Å². The molecule has 1 fully saturated rings. The largest absolute Gasteiger partial charge is 0.329 e. The topological polar surface area (TPSA) is 62.3 Å². The number of hydrogen-bond donors (Lipinski definition) is 1. The molecule has 1 atom stereocenters. The second-order valence-corrected chi connectivity index (χ2v) is 5.41. The zero-order valence-electron chi connectivity index (χ0n) is 11.6. The van der Waals surface area contributed by atoms with Gasteiger partial charge < -0.3 is 5.32 Å². The maximum absolute atomic E-state index is 13.8. The first-order valence-corrected chi connectivity index (χ1v) is 7.02. The van der Waals surface area contributed by atoms with Gasteiger partial charge in [0.05, 0.1) is 18.1 Å². The van der Waals surface area contributed by atoms with Crippen LogP contribution in [0, 0.1) is 11.6 Å². The number of pyridine rings is 1. The fourth-order valence-electron chi connectivity index (χ4n) is 2.36. The predicted molar refractivity (Wildman–Crippen MR) is 79.1 cm³/mol. The van der Waals surface area contributed by atoms with Gasteiger partial charge in [-0.05, 0) is 23.8 Å². The molecule has 1 aromatic heterocycles. The third kappa shape index (κ3) is 3.00. The zero-order valence-corrected chi connectivity index (χ0v) is 12.3. The molecule has 1 aromatic carbocycles. The van der Waals surface area contributed by atoms with Crippen molar-refractivity contribution in [2.45, 2.75) is 12.5 Å². The number of halogens is 3. The number of nitrogens with one attached hydrogen (secondary N) is 1. The van der Waals surface area contributed by atoms with Gasteiger partial charge in [-0.3, -0.25) is 9.78 Å². The number of carbonyl (C=O) groups excluding carboxylic acids is 2. The predicted octanol–water partition coefficient (Wildman–Crippen LogP) is 2.68. The molecule has 23 heavy (non-hydrogen) atoms. The Hall–Kier alpha value is -2.54. The lowest BCUT2D eigenvalue weighted by Crippen LogP contribution is -2.32. The minimum Gasteiger partial charge on any atom is -0.325 e. The van der Waals surface area contributed by atoms with Crippen molar-refractivity contribution < 1.29 is 18.4 Å². The van der Waals surface area contributed by atoms with Gasteiger partial charge in [0.25, 0.3) is 5.91 Å². The summed E-state index contributed by atoms with van der Waals surface area (Å²) in [4.78, 5) is 28.7. The molecule has 1 N–H and O–H groups in total. The molecule has 0 bridgehead atoms. The van der Waals surface area contributed by atoms with Gasteiger partial charge in [-0.2, -0.15) is 0 Å². The summed E-state index contributed by atoms with van der Waals surface area (Å²) in [5.41, 5.74) is 0.219. The van der Waals surface area contributed by atoms with E-state index in [4.69, 9.17) is 11.6 Å². The van der Waals surface area contributed by atoms with Crippen molar-refractivity contribution in [2.24, 2.45) is 0 Å². The van der Waals surface area contributed by atoms with E-state index < -0.39 is 29.6 Å². The first kappa shape index (κ1) is 15.4. The summed E-state index contributed by atoms with van der Waals surface area (Å²) in [5, 5.41) is 2.77. The molecule has 5 nitrogen and oxygen atoms in total. The maximum Gasteiger partial charge on any atom is 0.329 e. The van der Waals surface area contributed by atoms with Crippen LogP contribution < -0.4 is 10.2 Å². The van der Waals surface area contributed by atoms with Crippen LogP contribution in [-0.4, -0.2) is 23.0 Å². The van der Waals surface area contributed by atoms with Crippen LogP contribution in [-0.2, 0) is 11.2 Å².